The first-order valence-electron chi connectivity index (χ1n) is 7.89. The fraction of sp³-hybridized carbons (Fsp3) is 0.500. The zero-order chi connectivity index (χ0) is 15.6. The molecule has 1 heterocycles. The van der Waals surface area contributed by atoms with Crippen LogP contribution in [-0.4, -0.2) is 15.6 Å². The molecule has 3 heteroatoms. The third-order valence-electron chi connectivity index (χ3n) is 4.06. The predicted molar refractivity (Wildman–Crippen MR) is 87.3 cm³/mol. The van der Waals surface area contributed by atoms with Gasteiger partial charge < -0.3 is 9.67 Å². The summed E-state index contributed by atoms with van der Waals surface area (Å²) in [5.74, 6) is -0.836. The largest absolute Gasteiger partial charge is 0.478 e. The first-order valence-corrected chi connectivity index (χ1v) is 7.89. The van der Waals surface area contributed by atoms with E-state index in [1.165, 1.54) is 5.56 Å². The number of aromatic nitrogens is 1. The molecule has 21 heavy (non-hydrogen) atoms. The van der Waals surface area contributed by atoms with Crippen molar-refractivity contribution in [2.24, 2.45) is 0 Å². The van der Waals surface area contributed by atoms with E-state index in [0.717, 1.165) is 42.1 Å². The summed E-state index contributed by atoms with van der Waals surface area (Å²) in [6.45, 7) is 8.45. The minimum absolute atomic E-state index is 0.258. The van der Waals surface area contributed by atoms with Gasteiger partial charge in [0.15, 0.2) is 0 Å². The van der Waals surface area contributed by atoms with Crippen molar-refractivity contribution in [3.8, 4) is 0 Å². The number of unbranched alkanes of at least 4 members (excludes halogenated alkanes) is 1. The molecule has 0 atom stereocenters. The maximum atomic E-state index is 11.7. The van der Waals surface area contributed by atoms with E-state index in [1.54, 1.807) is 0 Å². The van der Waals surface area contributed by atoms with Crippen LogP contribution < -0.4 is 0 Å². The number of rotatable bonds is 6. The van der Waals surface area contributed by atoms with Crippen LogP contribution in [0.15, 0.2) is 18.3 Å². The van der Waals surface area contributed by atoms with E-state index in [1.807, 2.05) is 6.07 Å². The molecule has 0 radical (unpaired) electrons. The quantitative estimate of drug-likeness (QED) is 0.827. The van der Waals surface area contributed by atoms with Crippen LogP contribution in [0.1, 0.15) is 68.1 Å². The summed E-state index contributed by atoms with van der Waals surface area (Å²) in [5.41, 5.74) is 3.68. The molecule has 1 aromatic carbocycles. The van der Waals surface area contributed by atoms with Gasteiger partial charge in [-0.05, 0) is 56.4 Å². The highest BCUT2D eigenvalue weighted by atomic mass is 16.4. The Bertz CT molecular complexity index is 653. The highest BCUT2D eigenvalue weighted by Crippen LogP contribution is 2.30. The van der Waals surface area contributed by atoms with Gasteiger partial charge in [-0.15, -0.1) is 0 Å². The van der Waals surface area contributed by atoms with Crippen molar-refractivity contribution in [1.29, 1.82) is 0 Å². The number of aromatic carboxylic acids is 1. The van der Waals surface area contributed by atoms with Gasteiger partial charge in [0, 0.05) is 17.6 Å². The summed E-state index contributed by atoms with van der Waals surface area (Å²) in [4.78, 5) is 11.7. The molecule has 2 aromatic rings. The van der Waals surface area contributed by atoms with Crippen LogP contribution in [0.2, 0.25) is 0 Å². The van der Waals surface area contributed by atoms with Gasteiger partial charge in [-0.2, -0.15) is 0 Å². The van der Waals surface area contributed by atoms with Gasteiger partial charge >= 0.3 is 5.97 Å². The standard InChI is InChI=1S/C18H25NO2/c1-5-7-8-14-11-19(12(3)4)17-15(14)9-13(6-2)10-16(17)18(20)21/h9-12H,5-8H2,1-4H3,(H,20,21). The number of carbonyl (C=O) groups is 1. The van der Waals surface area contributed by atoms with Crippen molar-refractivity contribution in [3.63, 3.8) is 0 Å². The molecule has 0 saturated carbocycles. The zero-order valence-corrected chi connectivity index (χ0v) is 13.4. The molecule has 1 N–H and O–H groups in total. The van der Waals surface area contributed by atoms with Crippen LogP contribution in [0.5, 0.6) is 0 Å². The van der Waals surface area contributed by atoms with Gasteiger partial charge in [0.2, 0.25) is 0 Å². The summed E-state index contributed by atoms with van der Waals surface area (Å²) in [6.07, 6.45) is 6.30. The molecule has 0 aliphatic carbocycles. The van der Waals surface area contributed by atoms with Crippen molar-refractivity contribution in [2.45, 2.75) is 59.4 Å². The third kappa shape index (κ3) is 2.97. The molecule has 0 aliphatic heterocycles. The Kier molecular flexibility index (Phi) is 4.71. The van der Waals surface area contributed by atoms with E-state index in [9.17, 15) is 9.90 Å². The van der Waals surface area contributed by atoms with Gasteiger partial charge in [-0.3, -0.25) is 0 Å². The van der Waals surface area contributed by atoms with E-state index in [2.05, 4.69) is 44.5 Å². The van der Waals surface area contributed by atoms with E-state index in [4.69, 9.17) is 0 Å². The summed E-state index contributed by atoms with van der Waals surface area (Å²) in [5, 5.41) is 10.7. The van der Waals surface area contributed by atoms with Gasteiger partial charge in [0.05, 0.1) is 11.1 Å². The maximum absolute atomic E-state index is 11.7. The Morgan fingerprint density at radius 1 is 1.29 bits per heavy atom. The molecule has 0 fully saturated rings. The lowest BCUT2D eigenvalue weighted by Gasteiger charge is -2.12. The van der Waals surface area contributed by atoms with Crippen LogP contribution in [-0.2, 0) is 12.8 Å². The van der Waals surface area contributed by atoms with E-state index >= 15 is 0 Å². The number of benzene rings is 1. The van der Waals surface area contributed by atoms with E-state index < -0.39 is 5.97 Å². The van der Waals surface area contributed by atoms with E-state index in [0.29, 0.717) is 5.56 Å². The molecule has 0 spiro atoms. The smallest absolute Gasteiger partial charge is 0.337 e. The number of fused-ring (bicyclic) bond motifs is 1. The first-order chi connectivity index (χ1) is 9.99. The fourth-order valence-electron chi connectivity index (χ4n) is 2.86. The average Bonchev–Trinajstić information content (AvgIpc) is 2.82. The Morgan fingerprint density at radius 3 is 2.52 bits per heavy atom. The van der Waals surface area contributed by atoms with E-state index in [-0.39, 0.29) is 6.04 Å². The average molecular weight is 287 g/mol. The predicted octanol–water partition coefficient (Wildman–Crippen LogP) is 4.83. The van der Waals surface area contributed by atoms with Crippen LogP contribution in [0.25, 0.3) is 10.9 Å². The zero-order valence-electron chi connectivity index (χ0n) is 13.4. The molecule has 0 unspecified atom stereocenters. The molecule has 0 amide bonds. The van der Waals surface area contributed by atoms with Gasteiger partial charge in [-0.25, -0.2) is 4.79 Å². The van der Waals surface area contributed by atoms with Crippen LogP contribution in [0.3, 0.4) is 0 Å². The van der Waals surface area contributed by atoms with Crippen LogP contribution in [0, 0.1) is 0 Å². The number of nitrogens with zero attached hydrogens (tertiary/aromatic N) is 1. The molecule has 2 rings (SSSR count). The minimum Gasteiger partial charge on any atom is -0.478 e. The lowest BCUT2D eigenvalue weighted by atomic mass is 10.0. The molecule has 0 saturated heterocycles. The van der Waals surface area contributed by atoms with Gasteiger partial charge in [0.25, 0.3) is 0 Å². The highest BCUT2D eigenvalue weighted by Gasteiger charge is 2.18. The fourth-order valence-corrected chi connectivity index (χ4v) is 2.86. The van der Waals surface area contributed by atoms with Crippen LogP contribution in [0.4, 0.5) is 0 Å². The van der Waals surface area contributed by atoms with Gasteiger partial charge in [-0.1, -0.05) is 20.3 Å². The first kappa shape index (κ1) is 15.6. The Hall–Kier alpha value is -1.77. The number of hydrogen-bond acceptors (Lipinski definition) is 1. The minimum atomic E-state index is -0.836. The number of aryl methyl sites for hydroxylation is 2. The van der Waals surface area contributed by atoms with Crippen molar-refractivity contribution in [3.05, 3.63) is 35.0 Å². The second-order valence-corrected chi connectivity index (χ2v) is 5.96. The Labute approximate surface area is 126 Å². The third-order valence-corrected chi connectivity index (χ3v) is 4.06. The van der Waals surface area contributed by atoms with Gasteiger partial charge in [0.1, 0.15) is 0 Å². The van der Waals surface area contributed by atoms with Crippen molar-refractivity contribution < 1.29 is 9.90 Å². The number of hydrogen-bond donors (Lipinski definition) is 1. The molecular weight excluding hydrogens is 262 g/mol. The second kappa shape index (κ2) is 6.33. The summed E-state index contributed by atoms with van der Waals surface area (Å²) >= 11 is 0. The molecule has 114 valence electrons. The Balaban J connectivity index is 2.76. The van der Waals surface area contributed by atoms with Crippen molar-refractivity contribution in [2.75, 3.05) is 0 Å². The molecular formula is C18H25NO2. The topological polar surface area (TPSA) is 42.2 Å². The number of carboxylic acids is 1. The lowest BCUT2D eigenvalue weighted by molar-refractivity contribution is 0.0698. The highest BCUT2D eigenvalue weighted by molar-refractivity contribution is 6.04. The summed E-state index contributed by atoms with van der Waals surface area (Å²) in [7, 11) is 0. The molecule has 3 nitrogen and oxygen atoms in total. The molecule has 0 aliphatic rings. The maximum Gasteiger partial charge on any atom is 0.337 e. The SMILES string of the molecule is CCCCc1cn(C(C)C)c2c(C(=O)O)cc(CC)cc12. The summed E-state index contributed by atoms with van der Waals surface area (Å²) in [6, 6.07) is 4.26. The molecule has 0 bridgehead atoms. The Morgan fingerprint density at radius 2 is 2.00 bits per heavy atom. The van der Waals surface area contributed by atoms with Crippen LogP contribution >= 0.6 is 0 Å². The molecule has 1 aromatic heterocycles. The normalized spacial score (nSPS) is 11.5. The monoisotopic (exact) mass is 287 g/mol. The van der Waals surface area contributed by atoms with Crippen molar-refractivity contribution in [1.82, 2.24) is 4.57 Å². The lowest BCUT2D eigenvalue weighted by Crippen LogP contribution is -2.05. The van der Waals surface area contributed by atoms with Crippen molar-refractivity contribution >= 4 is 16.9 Å². The second-order valence-electron chi connectivity index (χ2n) is 5.96. The number of carboxylic acid groups (broad SMARTS) is 1. The summed E-state index contributed by atoms with van der Waals surface area (Å²) < 4.78 is 2.11.